The molecule has 152 valence electrons. The van der Waals surface area contributed by atoms with E-state index in [4.69, 9.17) is 16.3 Å². The van der Waals surface area contributed by atoms with Crippen molar-refractivity contribution in [3.63, 3.8) is 0 Å². The molecule has 0 spiro atoms. The third-order valence-electron chi connectivity index (χ3n) is 4.40. The molecule has 0 aromatic heterocycles. The van der Waals surface area contributed by atoms with Crippen LogP contribution in [0.2, 0.25) is 5.02 Å². The Hall–Kier alpha value is -2.51. The molecule has 0 unspecified atom stereocenters. The zero-order valence-corrected chi connectivity index (χ0v) is 17.3. The largest absolute Gasteiger partial charge is 0.452 e. The second kappa shape index (κ2) is 10.3. The van der Waals surface area contributed by atoms with E-state index in [9.17, 15) is 14.4 Å². The Morgan fingerprint density at radius 2 is 1.72 bits per heavy atom. The number of benzene rings is 2. The van der Waals surface area contributed by atoms with Gasteiger partial charge in [-0.3, -0.25) is 9.59 Å². The van der Waals surface area contributed by atoms with E-state index in [-0.39, 0.29) is 11.7 Å². The molecule has 6 nitrogen and oxygen atoms in total. The number of para-hydroxylation sites is 1. The van der Waals surface area contributed by atoms with E-state index in [1.54, 1.807) is 48.5 Å². The Morgan fingerprint density at radius 3 is 2.48 bits per heavy atom. The van der Waals surface area contributed by atoms with E-state index in [1.165, 1.54) is 11.8 Å². The van der Waals surface area contributed by atoms with Gasteiger partial charge in [0.1, 0.15) is 0 Å². The van der Waals surface area contributed by atoms with Crippen LogP contribution in [0.4, 0.5) is 5.69 Å². The minimum Gasteiger partial charge on any atom is -0.452 e. The van der Waals surface area contributed by atoms with Gasteiger partial charge in [0.05, 0.1) is 22.0 Å². The molecule has 0 saturated carbocycles. The van der Waals surface area contributed by atoms with E-state index < -0.39 is 18.5 Å². The molecule has 1 saturated heterocycles. The minimum atomic E-state index is -0.615. The lowest BCUT2D eigenvalue weighted by atomic mass is 10.2. The number of nitrogens with one attached hydrogen (secondary N) is 1. The van der Waals surface area contributed by atoms with Gasteiger partial charge in [-0.2, -0.15) is 0 Å². The Bertz CT molecular complexity index is 900. The highest BCUT2D eigenvalue weighted by molar-refractivity contribution is 8.00. The number of amides is 2. The maximum Gasteiger partial charge on any atom is 0.339 e. The molecule has 1 aliphatic heterocycles. The molecule has 3 rings (SSSR count). The van der Waals surface area contributed by atoms with E-state index in [0.717, 1.165) is 25.9 Å². The normalized spacial score (nSPS) is 13.2. The summed E-state index contributed by atoms with van der Waals surface area (Å²) in [6.45, 7) is 1.16. The number of hydrogen-bond acceptors (Lipinski definition) is 5. The van der Waals surface area contributed by atoms with Crippen LogP contribution < -0.4 is 5.32 Å². The average molecular weight is 433 g/mol. The Balaban J connectivity index is 1.54. The molecular formula is C21H21ClN2O4S. The van der Waals surface area contributed by atoms with Gasteiger partial charge in [0.25, 0.3) is 5.91 Å². The van der Waals surface area contributed by atoms with Crippen LogP contribution in [-0.4, -0.2) is 48.1 Å². The van der Waals surface area contributed by atoms with Crippen molar-refractivity contribution in [2.24, 2.45) is 0 Å². The summed E-state index contributed by atoms with van der Waals surface area (Å²) < 4.78 is 5.15. The number of rotatable bonds is 7. The average Bonchev–Trinajstić information content (AvgIpc) is 3.27. The summed E-state index contributed by atoms with van der Waals surface area (Å²) >= 11 is 7.30. The molecule has 1 fully saturated rings. The number of thioether (sulfide) groups is 1. The molecule has 2 aromatic rings. The van der Waals surface area contributed by atoms with Crippen molar-refractivity contribution in [1.82, 2.24) is 4.90 Å². The highest BCUT2D eigenvalue weighted by atomic mass is 35.5. The maximum atomic E-state index is 12.5. The summed E-state index contributed by atoms with van der Waals surface area (Å²) in [4.78, 5) is 39.2. The SMILES string of the molecule is O=C(COC(=O)c1ccccc1SCC(=O)N1CCCC1)Nc1ccccc1Cl. The van der Waals surface area contributed by atoms with Gasteiger partial charge in [0.15, 0.2) is 6.61 Å². The van der Waals surface area contributed by atoms with Crippen LogP contribution >= 0.6 is 23.4 Å². The molecule has 0 aliphatic carbocycles. The number of hydrogen-bond donors (Lipinski definition) is 1. The molecule has 2 aromatic carbocycles. The van der Waals surface area contributed by atoms with E-state index in [2.05, 4.69) is 5.32 Å². The Morgan fingerprint density at radius 1 is 1.03 bits per heavy atom. The van der Waals surface area contributed by atoms with Crippen LogP contribution in [-0.2, 0) is 14.3 Å². The summed E-state index contributed by atoms with van der Waals surface area (Å²) in [6, 6.07) is 13.7. The number of ether oxygens (including phenoxy) is 1. The fourth-order valence-corrected chi connectivity index (χ4v) is 4.04. The molecule has 0 atom stereocenters. The third kappa shape index (κ3) is 5.98. The number of likely N-dealkylation sites (tertiary alicyclic amines) is 1. The van der Waals surface area contributed by atoms with Gasteiger partial charge in [-0.15, -0.1) is 11.8 Å². The molecule has 1 N–H and O–H groups in total. The van der Waals surface area contributed by atoms with Crippen molar-refractivity contribution >= 4 is 46.8 Å². The van der Waals surface area contributed by atoms with Crippen LogP contribution in [0, 0.1) is 0 Å². The molecule has 1 aliphatic rings. The number of carbonyl (C=O) groups excluding carboxylic acids is 3. The monoisotopic (exact) mass is 432 g/mol. The number of halogens is 1. The van der Waals surface area contributed by atoms with Gasteiger partial charge in [-0.05, 0) is 37.1 Å². The van der Waals surface area contributed by atoms with Gasteiger partial charge in [-0.25, -0.2) is 4.79 Å². The number of anilines is 1. The fourth-order valence-electron chi connectivity index (χ4n) is 2.92. The van der Waals surface area contributed by atoms with Gasteiger partial charge in [-0.1, -0.05) is 35.9 Å². The molecule has 2 amide bonds. The standard InChI is InChI=1S/C21H21ClN2O4S/c22-16-8-2-3-9-17(16)23-19(25)13-28-21(27)15-7-1-4-10-18(15)29-14-20(26)24-11-5-6-12-24/h1-4,7-10H,5-6,11-14H2,(H,23,25). The lowest BCUT2D eigenvalue weighted by Gasteiger charge is -2.15. The number of esters is 1. The summed E-state index contributed by atoms with van der Waals surface area (Å²) in [6.07, 6.45) is 2.07. The maximum absolute atomic E-state index is 12.5. The summed E-state index contributed by atoms with van der Waals surface area (Å²) in [5, 5.41) is 3.00. The second-order valence-electron chi connectivity index (χ2n) is 6.48. The van der Waals surface area contributed by atoms with Gasteiger partial charge < -0.3 is 15.0 Å². The highest BCUT2D eigenvalue weighted by Gasteiger charge is 2.20. The van der Waals surface area contributed by atoms with E-state index >= 15 is 0 Å². The fraction of sp³-hybridized carbons (Fsp3) is 0.286. The van der Waals surface area contributed by atoms with Crippen molar-refractivity contribution in [3.8, 4) is 0 Å². The number of nitrogens with zero attached hydrogens (tertiary/aromatic N) is 1. The van der Waals surface area contributed by atoms with Crippen molar-refractivity contribution in [2.75, 3.05) is 30.8 Å². The lowest BCUT2D eigenvalue weighted by Crippen LogP contribution is -2.29. The first-order valence-electron chi connectivity index (χ1n) is 9.25. The molecule has 0 radical (unpaired) electrons. The van der Waals surface area contributed by atoms with Crippen molar-refractivity contribution in [3.05, 3.63) is 59.1 Å². The summed E-state index contributed by atoms with van der Waals surface area (Å²) in [5.74, 6) is -0.774. The van der Waals surface area contributed by atoms with Crippen LogP contribution in [0.5, 0.6) is 0 Å². The summed E-state index contributed by atoms with van der Waals surface area (Å²) in [5.41, 5.74) is 0.781. The van der Waals surface area contributed by atoms with Crippen LogP contribution in [0.25, 0.3) is 0 Å². The summed E-state index contributed by atoms with van der Waals surface area (Å²) in [7, 11) is 0. The Kier molecular flexibility index (Phi) is 7.55. The molecule has 0 bridgehead atoms. The molecular weight excluding hydrogens is 412 g/mol. The highest BCUT2D eigenvalue weighted by Crippen LogP contribution is 2.25. The predicted molar refractivity (Wildman–Crippen MR) is 113 cm³/mol. The van der Waals surface area contributed by atoms with Crippen LogP contribution in [0.3, 0.4) is 0 Å². The predicted octanol–water partition coefficient (Wildman–Crippen LogP) is 3.85. The van der Waals surface area contributed by atoms with Gasteiger partial charge in [0, 0.05) is 18.0 Å². The minimum absolute atomic E-state index is 0.0646. The topological polar surface area (TPSA) is 75.7 Å². The molecule has 29 heavy (non-hydrogen) atoms. The Labute approximate surface area is 178 Å². The second-order valence-corrected chi connectivity index (χ2v) is 7.90. The zero-order valence-electron chi connectivity index (χ0n) is 15.7. The van der Waals surface area contributed by atoms with E-state index in [1.807, 2.05) is 4.90 Å². The number of carbonyl (C=O) groups is 3. The van der Waals surface area contributed by atoms with Gasteiger partial charge >= 0.3 is 5.97 Å². The smallest absolute Gasteiger partial charge is 0.339 e. The van der Waals surface area contributed by atoms with E-state index in [0.29, 0.717) is 21.2 Å². The van der Waals surface area contributed by atoms with Gasteiger partial charge in [0.2, 0.25) is 5.91 Å². The van der Waals surface area contributed by atoms with Crippen LogP contribution in [0.15, 0.2) is 53.4 Å². The van der Waals surface area contributed by atoms with Crippen molar-refractivity contribution < 1.29 is 19.1 Å². The van der Waals surface area contributed by atoms with Crippen molar-refractivity contribution in [2.45, 2.75) is 17.7 Å². The molecule has 1 heterocycles. The quantitative estimate of drug-likeness (QED) is 0.531. The van der Waals surface area contributed by atoms with Crippen LogP contribution in [0.1, 0.15) is 23.2 Å². The molecule has 8 heteroatoms. The first-order valence-corrected chi connectivity index (χ1v) is 10.6. The third-order valence-corrected chi connectivity index (χ3v) is 5.79. The first-order chi connectivity index (χ1) is 14.0. The van der Waals surface area contributed by atoms with Crippen molar-refractivity contribution in [1.29, 1.82) is 0 Å². The zero-order chi connectivity index (χ0) is 20.6. The lowest BCUT2D eigenvalue weighted by molar-refractivity contribution is -0.127. The first kappa shape index (κ1) is 21.2.